The number of aliphatic imine (C=N–C) groups is 1. The van der Waals surface area contributed by atoms with E-state index in [-0.39, 0.29) is 0 Å². The van der Waals surface area contributed by atoms with Gasteiger partial charge in [0.1, 0.15) is 0 Å². The Hall–Kier alpha value is -1.45. The first kappa shape index (κ1) is 7.65. The normalized spacial score (nSPS) is 10.4. The Morgan fingerprint density at radius 2 is 2.00 bits per heavy atom. The van der Waals surface area contributed by atoms with Crippen LogP contribution in [0.15, 0.2) is 23.5 Å². The minimum Gasteiger partial charge on any atom is -0.369 e. The predicted octanol–water partition coefficient (Wildman–Crippen LogP) is 0.698. The molecule has 0 radical (unpaired) electrons. The van der Waals surface area contributed by atoms with Crippen molar-refractivity contribution in [2.24, 2.45) is 4.99 Å². The molecule has 1 aromatic heterocycles. The van der Waals surface area contributed by atoms with Crippen molar-refractivity contribution in [1.82, 2.24) is 14.9 Å². The zero-order valence-electron chi connectivity index (χ0n) is 6.60. The monoisotopic (exact) mass is 150 g/mol. The van der Waals surface area contributed by atoms with Crippen LogP contribution in [-0.4, -0.2) is 35.3 Å². The van der Waals surface area contributed by atoms with E-state index in [1.54, 1.807) is 24.8 Å². The van der Waals surface area contributed by atoms with Gasteiger partial charge in [0.2, 0.25) is 0 Å². The third kappa shape index (κ3) is 2.75. The van der Waals surface area contributed by atoms with Crippen LogP contribution in [0.25, 0.3) is 0 Å². The topological polar surface area (TPSA) is 41.4 Å². The summed E-state index contributed by atoms with van der Waals surface area (Å²) < 4.78 is 0. The lowest BCUT2D eigenvalue weighted by Gasteiger charge is -2.00. The number of rotatable bonds is 2. The molecule has 0 aliphatic heterocycles. The Bertz CT molecular complexity index is 229. The third-order valence-electron chi connectivity index (χ3n) is 0.956. The summed E-state index contributed by atoms with van der Waals surface area (Å²) in [5, 5.41) is 0. The van der Waals surface area contributed by atoms with Crippen molar-refractivity contribution < 1.29 is 0 Å². The summed E-state index contributed by atoms with van der Waals surface area (Å²) in [6.45, 7) is 0. The molecule has 0 unspecified atom stereocenters. The molecule has 58 valence electrons. The maximum Gasteiger partial charge on any atom is 0.250 e. The number of aromatic nitrogens is 2. The molecule has 0 spiro atoms. The molecule has 1 heterocycles. The summed E-state index contributed by atoms with van der Waals surface area (Å²) in [5.41, 5.74) is 0. The van der Waals surface area contributed by atoms with Gasteiger partial charge in [0.25, 0.3) is 5.95 Å². The number of nitrogens with zero attached hydrogens (tertiary/aromatic N) is 4. The van der Waals surface area contributed by atoms with Gasteiger partial charge >= 0.3 is 0 Å². The van der Waals surface area contributed by atoms with Gasteiger partial charge < -0.3 is 4.90 Å². The molecule has 0 saturated heterocycles. The van der Waals surface area contributed by atoms with E-state index in [0.717, 1.165) is 0 Å². The van der Waals surface area contributed by atoms with Crippen molar-refractivity contribution >= 4 is 12.3 Å². The fourth-order valence-corrected chi connectivity index (χ4v) is 0.525. The molecule has 4 heteroatoms. The zero-order valence-corrected chi connectivity index (χ0v) is 6.60. The first-order valence-corrected chi connectivity index (χ1v) is 3.26. The lowest BCUT2D eigenvalue weighted by atomic mass is 10.7. The Labute approximate surface area is 65.6 Å². The van der Waals surface area contributed by atoms with Crippen molar-refractivity contribution in [3.8, 4) is 0 Å². The lowest BCUT2D eigenvalue weighted by Crippen LogP contribution is -2.07. The standard InChI is InChI=1S/C7H10N4/c1-11(2)6-10-7-8-4-3-5-9-7/h3-6H,1-2H3. The van der Waals surface area contributed by atoms with E-state index in [1.807, 2.05) is 19.0 Å². The van der Waals surface area contributed by atoms with Gasteiger partial charge in [0.15, 0.2) is 0 Å². The van der Waals surface area contributed by atoms with E-state index >= 15 is 0 Å². The van der Waals surface area contributed by atoms with Crippen LogP contribution in [0.3, 0.4) is 0 Å². The minimum absolute atomic E-state index is 0.487. The van der Waals surface area contributed by atoms with Crippen LogP contribution < -0.4 is 0 Å². The summed E-state index contributed by atoms with van der Waals surface area (Å²) in [6.07, 6.45) is 4.99. The zero-order chi connectivity index (χ0) is 8.10. The Morgan fingerprint density at radius 3 is 2.55 bits per heavy atom. The van der Waals surface area contributed by atoms with Gasteiger partial charge in [-0.05, 0) is 6.07 Å². The van der Waals surface area contributed by atoms with Gasteiger partial charge in [-0.3, -0.25) is 0 Å². The molecule has 0 saturated carbocycles. The second-order valence-corrected chi connectivity index (χ2v) is 2.26. The molecule has 0 fully saturated rings. The predicted molar refractivity (Wildman–Crippen MR) is 43.9 cm³/mol. The van der Waals surface area contributed by atoms with Gasteiger partial charge in [0, 0.05) is 26.5 Å². The van der Waals surface area contributed by atoms with Gasteiger partial charge in [0.05, 0.1) is 6.34 Å². The van der Waals surface area contributed by atoms with Crippen LogP contribution >= 0.6 is 0 Å². The van der Waals surface area contributed by atoms with Crippen molar-refractivity contribution in [1.29, 1.82) is 0 Å². The summed E-state index contributed by atoms with van der Waals surface area (Å²) in [7, 11) is 3.79. The molecule has 0 amide bonds. The first-order chi connectivity index (χ1) is 5.29. The highest BCUT2D eigenvalue weighted by molar-refractivity contribution is 5.57. The fourth-order valence-electron chi connectivity index (χ4n) is 0.525. The molecule has 0 aliphatic rings. The van der Waals surface area contributed by atoms with Crippen LogP contribution in [0.1, 0.15) is 0 Å². The molecule has 0 aromatic carbocycles. The molecule has 11 heavy (non-hydrogen) atoms. The van der Waals surface area contributed by atoms with Gasteiger partial charge in [-0.1, -0.05) is 0 Å². The second-order valence-electron chi connectivity index (χ2n) is 2.26. The lowest BCUT2D eigenvalue weighted by molar-refractivity contribution is 0.642. The SMILES string of the molecule is CN(C)C=Nc1ncccn1. The smallest absolute Gasteiger partial charge is 0.250 e. The van der Waals surface area contributed by atoms with E-state index in [1.165, 1.54) is 0 Å². The van der Waals surface area contributed by atoms with E-state index in [4.69, 9.17) is 0 Å². The van der Waals surface area contributed by atoms with E-state index < -0.39 is 0 Å². The highest BCUT2D eigenvalue weighted by Gasteiger charge is 1.85. The quantitative estimate of drug-likeness (QED) is 0.460. The summed E-state index contributed by atoms with van der Waals surface area (Å²) in [5.74, 6) is 0.487. The fraction of sp³-hybridized carbons (Fsp3) is 0.286. The van der Waals surface area contributed by atoms with Crippen molar-refractivity contribution in [2.75, 3.05) is 14.1 Å². The van der Waals surface area contributed by atoms with Crippen molar-refractivity contribution in [2.45, 2.75) is 0 Å². The molecular weight excluding hydrogens is 140 g/mol. The van der Waals surface area contributed by atoms with Crippen LogP contribution in [-0.2, 0) is 0 Å². The van der Waals surface area contributed by atoms with Gasteiger partial charge in [-0.2, -0.15) is 0 Å². The van der Waals surface area contributed by atoms with E-state index in [9.17, 15) is 0 Å². The van der Waals surface area contributed by atoms with Crippen LogP contribution in [0, 0.1) is 0 Å². The van der Waals surface area contributed by atoms with Crippen LogP contribution in [0.4, 0.5) is 5.95 Å². The molecule has 0 bridgehead atoms. The van der Waals surface area contributed by atoms with E-state index in [0.29, 0.717) is 5.95 Å². The number of hydrogen-bond donors (Lipinski definition) is 0. The molecular formula is C7H10N4. The average Bonchev–Trinajstić information content (AvgIpc) is 2.03. The molecule has 0 atom stereocenters. The van der Waals surface area contributed by atoms with Crippen LogP contribution in [0.2, 0.25) is 0 Å². The maximum atomic E-state index is 3.98. The van der Waals surface area contributed by atoms with Crippen molar-refractivity contribution in [3.63, 3.8) is 0 Å². The highest BCUT2D eigenvalue weighted by Crippen LogP contribution is 1.97. The summed E-state index contributed by atoms with van der Waals surface area (Å²) in [6, 6.07) is 1.76. The largest absolute Gasteiger partial charge is 0.369 e. The third-order valence-corrected chi connectivity index (χ3v) is 0.956. The molecule has 1 rings (SSSR count). The van der Waals surface area contributed by atoms with Crippen molar-refractivity contribution in [3.05, 3.63) is 18.5 Å². The Kier molecular flexibility index (Phi) is 2.54. The molecule has 4 nitrogen and oxygen atoms in total. The minimum atomic E-state index is 0.487. The molecule has 1 aromatic rings. The number of hydrogen-bond acceptors (Lipinski definition) is 3. The molecule has 0 N–H and O–H groups in total. The Morgan fingerprint density at radius 1 is 1.36 bits per heavy atom. The highest BCUT2D eigenvalue weighted by atomic mass is 15.1. The van der Waals surface area contributed by atoms with Gasteiger partial charge in [-0.15, -0.1) is 0 Å². The maximum absolute atomic E-state index is 3.98. The van der Waals surface area contributed by atoms with Crippen LogP contribution in [0.5, 0.6) is 0 Å². The average molecular weight is 150 g/mol. The summed E-state index contributed by atoms with van der Waals surface area (Å²) in [4.78, 5) is 13.6. The van der Waals surface area contributed by atoms with Gasteiger partial charge in [-0.25, -0.2) is 15.0 Å². The van der Waals surface area contributed by atoms with E-state index in [2.05, 4.69) is 15.0 Å². The second kappa shape index (κ2) is 3.65. The molecule has 0 aliphatic carbocycles. The Balaban J connectivity index is 2.65. The summed E-state index contributed by atoms with van der Waals surface area (Å²) >= 11 is 0. The first-order valence-electron chi connectivity index (χ1n) is 3.26.